The van der Waals surface area contributed by atoms with Crippen molar-refractivity contribution in [3.8, 4) is 11.8 Å². The molecule has 0 radical (unpaired) electrons. The number of amides is 1. The Hall–Kier alpha value is -1.29. The Morgan fingerprint density at radius 3 is 2.61 bits per heavy atom. The molecule has 0 aliphatic heterocycles. The molecule has 0 fully saturated rings. The molecule has 0 unspecified atom stereocenters. The van der Waals surface area contributed by atoms with Gasteiger partial charge >= 0.3 is 0 Å². The Labute approximate surface area is 120 Å². The first kappa shape index (κ1) is 14.8. The van der Waals surface area contributed by atoms with Crippen LogP contribution in [0.4, 0.5) is 0 Å². The minimum absolute atomic E-state index is 0.0769. The standard InChI is InChI=1S/C13H15IN2O2/c1-3-13(4-2,8-15)16-12(18)10-7-9(14)5-6-11(10)17/h5-7,17H,3-4H2,1-2H3,(H,16,18). The Bertz CT molecular complexity index is 490. The van der Waals surface area contributed by atoms with E-state index in [1.165, 1.54) is 6.07 Å². The smallest absolute Gasteiger partial charge is 0.256 e. The van der Waals surface area contributed by atoms with E-state index >= 15 is 0 Å². The molecule has 0 aliphatic rings. The van der Waals surface area contributed by atoms with E-state index in [1.807, 2.05) is 13.8 Å². The normalized spacial score (nSPS) is 10.8. The number of carbonyl (C=O) groups excluding carboxylic acids is 1. The zero-order chi connectivity index (χ0) is 13.8. The third kappa shape index (κ3) is 3.13. The maximum atomic E-state index is 12.1. The first-order chi connectivity index (χ1) is 8.48. The molecule has 18 heavy (non-hydrogen) atoms. The molecule has 96 valence electrons. The van der Waals surface area contributed by atoms with Gasteiger partial charge in [-0.2, -0.15) is 5.26 Å². The number of hydrogen-bond acceptors (Lipinski definition) is 3. The molecular weight excluding hydrogens is 343 g/mol. The zero-order valence-electron chi connectivity index (χ0n) is 10.3. The molecule has 4 nitrogen and oxygen atoms in total. The lowest BCUT2D eigenvalue weighted by Gasteiger charge is -2.25. The summed E-state index contributed by atoms with van der Waals surface area (Å²) >= 11 is 2.06. The summed E-state index contributed by atoms with van der Waals surface area (Å²) < 4.78 is 0.853. The number of rotatable bonds is 4. The average Bonchev–Trinajstić information content (AvgIpc) is 2.38. The highest BCUT2D eigenvalue weighted by molar-refractivity contribution is 14.1. The molecule has 0 aliphatic carbocycles. The quantitative estimate of drug-likeness (QED) is 0.813. The van der Waals surface area contributed by atoms with Gasteiger partial charge in [-0.05, 0) is 53.6 Å². The van der Waals surface area contributed by atoms with Crippen LogP contribution in [0.25, 0.3) is 0 Å². The summed E-state index contributed by atoms with van der Waals surface area (Å²) in [5, 5.41) is 21.5. The second-order valence-electron chi connectivity index (χ2n) is 4.02. The summed E-state index contributed by atoms with van der Waals surface area (Å²) in [6.07, 6.45) is 1.05. The van der Waals surface area contributed by atoms with Crippen LogP contribution in [-0.4, -0.2) is 16.6 Å². The lowest BCUT2D eigenvalue weighted by Crippen LogP contribution is -2.46. The van der Waals surface area contributed by atoms with Gasteiger partial charge in [-0.3, -0.25) is 4.79 Å². The van der Waals surface area contributed by atoms with Crippen LogP contribution in [-0.2, 0) is 0 Å². The van der Waals surface area contributed by atoms with E-state index < -0.39 is 11.4 Å². The van der Waals surface area contributed by atoms with Crippen molar-refractivity contribution < 1.29 is 9.90 Å². The number of carbonyl (C=O) groups is 1. The van der Waals surface area contributed by atoms with Gasteiger partial charge in [0.2, 0.25) is 0 Å². The highest BCUT2D eigenvalue weighted by Crippen LogP contribution is 2.21. The van der Waals surface area contributed by atoms with E-state index in [2.05, 4.69) is 34.0 Å². The van der Waals surface area contributed by atoms with E-state index in [9.17, 15) is 9.90 Å². The molecule has 5 heteroatoms. The fraction of sp³-hybridized carbons (Fsp3) is 0.385. The third-order valence-electron chi connectivity index (χ3n) is 2.98. The Balaban J connectivity index is 3.02. The number of aromatic hydroxyl groups is 1. The molecule has 0 spiro atoms. The Morgan fingerprint density at radius 1 is 1.50 bits per heavy atom. The zero-order valence-corrected chi connectivity index (χ0v) is 12.5. The lowest BCUT2D eigenvalue weighted by atomic mass is 9.94. The first-order valence-electron chi connectivity index (χ1n) is 5.70. The van der Waals surface area contributed by atoms with E-state index in [1.54, 1.807) is 12.1 Å². The summed E-state index contributed by atoms with van der Waals surface area (Å²) in [5.74, 6) is -0.497. The molecule has 2 N–H and O–H groups in total. The maximum absolute atomic E-state index is 12.1. The second-order valence-corrected chi connectivity index (χ2v) is 5.26. The summed E-state index contributed by atoms with van der Waals surface area (Å²) in [5.41, 5.74) is -0.673. The minimum atomic E-state index is -0.870. The van der Waals surface area contributed by atoms with Gasteiger partial charge in [-0.25, -0.2) is 0 Å². The minimum Gasteiger partial charge on any atom is -0.507 e. The third-order valence-corrected chi connectivity index (χ3v) is 3.65. The maximum Gasteiger partial charge on any atom is 0.256 e. The predicted molar refractivity (Wildman–Crippen MR) is 77.2 cm³/mol. The molecule has 0 saturated carbocycles. The number of nitrogens with one attached hydrogen (secondary N) is 1. The molecule has 1 aromatic rings. The van der Waals surface area contributed by atoms with Gasteiger partial charge in [0.25, 0.3) is 5.91 Å². The van der Waals surface area contributed by atoms with E-state index in [-0.39, 0.29) is 11.3 Å². The molecule has 1 rings (SSSR count). The second kappa shape index (κ2) is 6.05. The van der Waals surface area contributed by atoms with Crippen LogP contribution < -0.4 is 5.32 Å². The molecule has 0 saturated heterocycles. The van der Waals surface area contributed by atoms with Crippen LogP contribution in [0.15, 0.2) is 18.2 Å². The topological polar surface area (TPSA) is 73.1 Å². The van der Waals surface area contributed by atoms with Crippen molar-refractivity contribution in [1.82, 2.24) is 5.32 Å². The van der Waals surface area contributed by atoms with Gasteiger partial charge in [0, 0.05) is 3.57 Å². The first-order valence-corrected chi connectivity index (χ1v) is 6.78. The van der Waals surface area contributed by atoms with Gasteiger partial charge in [-0.1, -0.05) is 13.8 Å². The molecule has 0 bridgehead atoms. The average molecular weight is 358 g/mol. The molecule has 1 amide bonds. The van der Waals surface area contributed by atoms with Crippen LogP contribution in [0, 0.1) is 14.9 Å². The lowest BCUT2D eigenvalue weighted by molar-refractivity contribution is 0.0913. The number of halogens is 1. The fourth-order valence-electron chi connectivity index (χ4n) is 1.59. The van der Waals surface area contributed by atoms with Crippen LogP contribution in [0.1, 0.15) is 37.0 Å². The van der Waals surface area contributed by atoms with Crippen LogP contribution in [0.2, 0.25) is 0 Å². The number of phenols is 1. The van der Waals surface area contributed by atoms with Crippen molar-refractivity contribution in [2.45, 2.75) is 32.2 Å². The molecule has 0 aromatic heterocycles. The number of phenolic OH excluding ortho intramolecular Hbond substituents is 1. The number of nitrogens with zero attached hydrogens (tertiary/aromatic N) is 1. The monoisotopic (exact) mass is 358 g/mol. The van der Waals surface area contributed by atoms with E-state index in [0.29, 0.717) is 12.8 Å². The number of hydrogen-bond donors (Lipinski definition) is 2. The predicted octanol–water partition coefficient (Wildman–Crippen LogP) is 2.81. The Kier molecular flexibility index (Phi) is 4.96. The largest absolute Gasteiger partial charge is 0.507 e. The summed E-state index contributed by atoms with van der Waals surface area (Å²) in [6.45, 7) is 3.70. The van der Waals surface area contributed by atoms with Crippen LogP contribution >= 0.6 is 22.6 Å². The fourth-order valence-corrected chi connectivity index (χ4v) is 2.08. The highest BCUT2D eigenvalue weighted by Gasteiger charge is 2.29. The SMILES string of the molecule is CCC(C#N)(CC)NC(=O)c1cc(I)ccc1O. The number of nitriles is 1. The number of benzene rings is 1. The van der Waals surface area contributed by atoms with Crippen molar-refractivity contribution in [3.05, 3.63) is 27.3 Å². The van der Waals surface area contributed by atoms with Crippen LogP contribution in [0.3, 0.4) is 0 Å². The van der Waals surface area contributed by atoms with Crippen molar-refractivity contribution in [2.24, 2.45) is 0 Å². The summed E-state index contributed by atoms with van der Waals surface area (Å²) in [6, 6.07) is 6.92. The van der Waals surface area contributed by atoms with Gasteiger partial charge in [0.05, 0.1) is 11.6 Å². The van der Waals surface area contributed by atoms with Crippen molar-refractivity contribution in [3.63, 3.8) is 0 Å². The molecule has 0 atom stereocenters. The van der Waals surface area contributed by atoms with Gasteiger partial charge in [0.1, 0.15) is 11.3 Å². The summed E-state index contributed by atoms with van der Waals surface area (Å²) in [7, 11) is 0. The van der Waals surface area contributed by atoms with Gasteiger partial charge in [-0.15, -0.1) is 0 Å². The van der Waals surface area contributed by atoms with E-state index in [0.717, 1.165) is 3.57 Å². The van der Waals surface area contributed by atoms with Crippen LogP contribution in [0.5, 0.6) is 5.75 Å². The van der Waals surface area contributed by atoms with Gasteiger partial charge in [0.15, 0.2) is 0 Å². The van der Waals surface area contributed by atoms with Crippen molar-refractivity contribution >= 4 is 28.5 Å². The molecule has 1 aromatic carbocycles. The van der Waals surface area contributed by atoms with E-state index in [4.69, 9.17) is 5.26 Å². The molecular formula is C13H15IN2O2. The highest BCUT2D eigenvalue weighted by atomic mass is 127. The summed E-state index contributed by atoms with van der Waals surface area (Å²) in [4.78, 5) is 12.1. The molecule has 0 heterocycles. The Morgan fingerprint density at radius 2 is 2.11 bits per heavy atom. The van der Waals surface area contributed by atoms with Crippen molar-refractivity contribution in [2.75, 3.05) is 0 Å². The van der Waals surface area contributed by atoms with Gasteiger partial charge < -0.3 is 10.4 Å². The van der Waals surface area contributed by atoms with Crippen molar-refractivity contribution in [1.29, 1.82) is 5.26 Å².